The molecule has 4 nitrogen and oxygen atoms in total. The maximum absolute atomic E-state index is 12.2. The standard InChI is InChI=1S/C20H22N2O2S/c1-5-15-6-7-16-18(10-15)25-20(21-16)22-19(23)11-24-17-9-12(2)8-13(3)14(17)4/h6-10H,5,11H2,1-4H3,(H,21,22,23). The lowest BCUT2D eigenvalue weighted by molar-refractivity contribution is -0.118. The summed E-state index contributed by atoms with van der Waals surface area (Å²) < 4.78 is 6.79. The first-order valence-corrected chi connectivity index (χ1v) is 9.18. The van der Waals surface area contributed by atoms with Crippen LogP contribution in [0.4, 0.5) is 5.13 Å². The van der Waals surface area contributed by atoms with E-state index in [1.165, 1.54) is 16.9 Å². The van der Waals surface area contributed by atoms with Gasteiger partial charge < -0.3 is 4.74 Å². The van der Waals surface area contributed by atoms with Crippen LogP contribution < -0.4 is 10.1 Å². The molecule has 0 aliphatic heterocycles. The van der Waals surface area contributed by atoms with Gasteiger partial charge in [0.15, 0.2) is 11.7 Å². The Bertz CT molecular complexity index is 931. The number of fused-ring (bicyclic) bond motifs is 1. The molecule has 0 fully saturated rings. The Morgan fingerprint density at radius 3 is 2.76 bits per heavy atom. The summed E-state index contributed by atoms with van der Waals surface area (Å²) in [5.41, 5.74) is 5.52. The molecule has 3 aromatic rings. The molecule has 130 valence electrons. The maximum atomic E-state index is 12.2. The Labute approximate surface area is 151 Å². The summed E-state index contributed by atoms with van der Waals surface area (Å²) in [6, 6.07) is 10.3. The summed E-state index contributed by atoms with van der Waals surface area (Å²) in [6.07, 6.45) is 0.985. The van der Waals surface area contributed by atoms with Crippen LogP contribution in [0.1, 0.15) is 29.2 Å². The highest BCUT2D eigenvalue weighted by Gasteiger charge is 2.11. The molecule has 0 saturated heterocycles. The topological polar surface area (TPSA) is 51.2 Å². The Morgan fingerprint density at radius 1 is 1.20 bits per heavy atom. The van der Waals surface area contributed by atoms with Crippen LogP contribution in [0.15, 0.2) is 30.3 Å². The molecule has 0 aliphatic carbocycles. The van der Waals surface area contributed by atoms with Crippen molar-refractivity contribution in [2.75, 3.05) is 11.9 Å². The summed E-state index contributed by atoms with van der Waals surface area (Å²) >= 11 is 1.49. The van der Waals surface area contributed by atoms with Gasteiger partial charge in [0, 0.05) is 0 Å². The number of carbonyl (C=O) groups excluding carboxylic acids is 1. The molecular formula is C20H22N2O2S. The van der Waals surface area contributed by atoms with Crippen LogP contribution in [0.2, 0.25) is 0 Å². The Kier molecular flexibility index (Phi) is 5.04. The monoisotopic (exact) mass is 354 g/mol. The van der Waals surface area contributed by atoms with Gasteiger partial charge in [-0.2, -0.15) is 0 Å². The van der Waals surface area contributed by atoms with E-state index in [9.17, 15) is 4.79 Å². The van der Waals surface area contributed by atoms with Crippen molar-refractivity contribution < 1.29 is 9.53 Å². The van der Waals surface area contributed by atoms with E-state index in [0.717, 1.165) is 39.1 Å². The van der Waals surface area contributed by atoms with Gasteiger partial charge in [0.25, 0.3) is 5.91 Å². The van der Waals surface area contributed by atoms with Gasteiger partial charge >= 0.3 is 0 Å². The minimum atomic E-state index is -0.201. The normalized spacial score (nSPS) is 10.9. The van der Waals surface area contributed by atoms with E-state index < -0.39 is 0 Å². The zero-order valence-electron chi connectivity index (χ0n) is 15.0. The first-order valence-electron chi connectivity index (χ1n) is 8.36. The molecule has 3 rings (SSSR count). The molecule has 0 bridgehead atoms. The molecule has 0 spiro atoms. The minimum Gasteiger partial charge on any atom is -0.483 e. The summed E-state index contributed by atoms with van der Waals surface area (Å²) in [5.74, 6) is 0.554. The molecule has 1 aromatic heterocycles. The summed E-state index contributed by atoms with van der Waals surface area (Å²) in [5, 5.41) is 3.44. The van der Waals surface area contributed by atoms with Crippen LogP contribution in [0.25, 0.3) is 10.2 Å². The number of ether oxygens (including phenoxy) is 1. The second-order valence-corrected chi connectivity index (χ2v) is 7.25. The molecule has 0 atom stereocenters. The summed E-state index contributed by atoms with van der Waals surface area (Å²) in [6.45, 7) is 8.16. The second-order valence-electron chi connectivity index (χ2n) is 6.22. The molecule has 2 aromatic carbocycles. The summed E-state index contributed by atoms with van der Waals surface area (Å²) in [7, 11) is 0. The average molecular weight is 354 g/mol. The van der Waals surface area contributed by atoms with Crippen molar-refractivity contribution in [3.63, 3.8) is 0 Å². The first-order chi connectivity index (χ1) is 12.0. The maximum Gasteiger partial charge on any atom is 0.264 e. The van der Waals surface area contributed by atoms with Gasteiger partial charge in [-0.05, 0) is 67.6 Å². The van der Waals surface area contributed by atoms with Crippen molar-refractivity contribution in [1.29, 1.82) is 0 Å². The van der Waals surface area contributed by atoms with Crippen LogP contribution in [0.3, 0.4) is 0 Å². The van der Waals surface area contributed by atoms with E-state index in [-0.39, 0.29) is 12.5 Å². The Balaban J connectivity index is 1.67. The van der Waals surface area contributed by atoms with Crippen LogP contribution >= 0.6 is 11.3 Å². The van der Waals surface area contributed by atoms with Gasteiger partial charge in [0.1, 0.15) is 5.75 Å². The third-order valence-corrected chi connectivity index (χ3v) is 5.16. The molecule has 1 heterocycles. The fourth-order valence-electron chi connectivity index (χ4n) is 2.69. The third kappa shape index (κ3) is 3.99. The molecule has 1 N–H and O–H groups in total. The van der Waals surface area contributed by atoms with Gasteiger partial charge in [-0.1, -0.05) is 30.4 Å². The Hall–Kier alpha value is -2.40. The lowest BCUT2D eigenvalue weighted by Gasteiger charge is -2.11. The number of rotatable bonds is 5. The number of aryl methyl sites for hydroxylation is 3. The lowest BCUT2D eigenvalue weighted by atomic mass is 10.1. The number of hydrogen-bond donors (Lipinski definition) is 1. The number of anilines is 1. The highest BCUT2D eigenvalue weighted by Crippen LogP contribution is 2.27. The predicted molar refractivity (Wildman–Crippen MR) is 104 cm³/mol. The molecule has 0 radical (unpaired) electrons. The minimum absolute atomic E-state index is 0.0279. The lowest BCUT2D eigenvalue weighted by Crippen LogP contribution is -2.20. The van der Waals surface area contributed by atoms with Crippen LogP contribution in [0, 0.1) is 20.8 Å². The van der Waals surface area contributed by atoms with Crippen molar-refractivity contribution in [1.82, 2.24) is 4.98 Å². The zero-order chi connectivity index (χ0) is 18.0. The van der Waals surface area contributed by atoms with Gasteiger partial charge in [-0.15, -0.1) is 0 Å². The Morgan fingerprint density at radius 2 is 2.00 bits per heavy atom. The number of hydrogen-bond acceptors (Lipinski definition) is 4. The van der Waals surface area contributed by atoms with Crippen molar-refractivity contribution in [2.45, 2.75) is 34.1 Å². The molecular weight excluding hydrogens is 332 g/mol. The fraction of sp³-hybridized carbons (Fsp3) is 0.300. The van der Waals surface area contributed by atoms with E-state index in [4.69, 9.17) is 4.74 Å². The molecule has 0 aliphatic rings. The summed E-state index contributed by atoms with van der Waals surface area (Å²) in [4.78, 5) is 16.7. The third-order valence-electron chi connectivity index (χ3n) is 4.23. The first kappa shape index (κ1) is 17.4. The van der Waals surface area contributed by atoms with E-state index in [0.29, 0.717) is 5.13 Å². The van der Waals surface area contributed by atoms with Crippen LogP contribution in [0.5, 0.6) is 5.75 Å². The largest absolute Gasteiger partial charge is 0.483 e. The van der Waals surface area contributed by atoms with Gasteiger partial charge in [0.2, 0.25) is 0 Å². The number of amides is 1. The van der Waals surface area contributed by atoms with Crippen molar-refractivity contribution in [3.05, 3.63) is 52.6 Å². The SMILES string of the molecule is CCc1ccc2nc(NC(=O)COc3cc(C)cc(C)c3C)sc2c1. The van der Waals surface area contributed by atoms with Crippen molar-refractivity contribution in [3.8, 4) is 5.75 Å². The molecule has 25 heavy (non-hydrogen) atoms. The van der Waals surface area contributed by atoms with Crippen LogP contribution in [-0.2, 0) is 11.2 Å². The van der Waals surface area contributed by atoms with E-state index in [1.54, 1.807) is 0 Å². The highest BCUT2D eigenvalue weighted by atomic mass is 32.1. The molecule has 0 saturated carbocycles. The molecule has 1 amide bonds. The fourth-order valence-corrected chi connectivity index (χ4v) is 3.64. The van der Waals surface area contributed by atoms with Crippen molar-refractivity contribution in [2.24, 2.45) is 0 Å². The average Bonchev–Trinajstić information content (AvgIpc) is 2.97. The van der Waals surface area contributed by atoms with E-state index in [1.807, 2.05) is 32.9 Å². The van der Waals surface area contributed by atoms with E-state index >= 15 is 0 Å². The molecule has 5 heteroatoms. The number of nitrogens with zero attached hydrogens (tertiary/aromatic N) is 1. The number of nitrogens with one attached hydrogen (secondary N) is 1. The molecule has 0 unspecified atom stereocenters. The number of thiazole rings is 1. The smallest absolute Gasteiger partial charge is 0.264 e. The predicted octanol–water partition coefficient (Wildman–Crippen LogP) is 4.80. The van der Waals surface area contributed by atoms with E-state index in [2.05, 4.69) is 35.4 Å². The van der Waals surface area contributed by atoms with Crippen LogP contribution in [-0.4, -0.2) is 17.5 Å². The van der Waals surface area contributed by atoms with Gasteiger partial charge in [-0.25, -0.2) is 4.98 Å². The van der Waals surface area contributed by atoms with Crippen molar-refractivity contribution >= 4 is 32.6 Å². The number of aromatic nitrogens is 1. The van der Waals surface area contributed by atoms with Gasteiger partial charge in [0.05, 0.1) is 10.2 Å². The zero-order valence-corrected chi connectivity index (χ0v) is 15.8. The second kappa shape index (κ2) is 7.23. The highest BCUT2D eigenvalue weighted by molar-refractivity contribution is 7.22. The number of carbonyl (C=O) groups is 1. The van der Waals surface area contributed by atoms with Gasteiger partial charge in [-0.3, -0.25) is 10.1 Å². The number of benzene rings is 2. The quantitative estimate of drug-likeness (QED) is 0.716.